The molecule has 4 N–H and O–H groups in total. The second-order valence-electron chi connectivity index (χ2n) is 5.92. The van der Waals surface area contributed by atoms with Crippen LogP contribution in [0.4, 0.5) is 5.69 Å². The number of anilines is 1. The standard InChI is InChI=1S/C16H16N6O2S/c17-10-7-9(16(24)21-5-1-3-11(21)13(18)23)8-22-15(10)19-14(20-22)12-4-2-6-25-12/h2,4,6-8,11H,1,3,5,17H2,(H2,18,23)/t11-/m1/s1. The number of rotatable bonds is 3. The summed E-state index contributed by atoms with van der Waals surface area (Å²) in [4.78, 5) is 31.2. The Kier molecular flexibility index (Phi) is 3.65. The molecule has 0 saturated carbocycles. The molecule has 128 valence electrons. The minimum Gasteiger partial charge on any atom is -0.396 e. The summed E-state index contributed by atoms with van der Waals surface area (Å²) < 4.78 is 1.51. The number of hydrogen-bond donors (Lipinski definition) is 2. The molecule has 4 heterocycles. The molecular formula is C16H16N6O2S. The van der Waals surface area contributed by atoms with Crippen molar-refractivity contribution < 1.29 is 9.59 Å². The number of carbonyl (C=O) groups excluding carboxylic acids is 2. The second-order valence-corrected chi connectivity index (χ2v) is 6.87. The van der Waals surface area contributed by atoms with E-state index in [2.05, 4.69) is 10.1 Å². The fourth-order valence-corrected chi connectivity index (χ4v) is 3.76. The van der Waals surface area contributed by atoms with E-state index >= 15 is 0 Å². The first-order chi connectivity index (χ1) is 12.0. The molecule has 2 amide bonds. The monoisotopic (exact) mass is 356 g/mol. The highest BCUT2D eigenvalue weighted by molar-refractivity contribution is 7.13. The Morgan fingerprint density at radius 2 is 2.20 bits per heavy atom. The van der Waals surface area contributed by atoms with Crippen LogP contribution in [0.25, 0.3) is 16.3 Å². The average molecular weight is 356 g/mol. The van der Waals surface area contributed by atoms with Crippen molar-refractivity contribution in [2.75, 3.05) is 12.3 Å². The third-order valence-electron chi connectivity index (χ3n) is 4.29. The predicted octanol–water partition coefficient (Wildman–Crippen LogP) is 1.13. The Morgan fingerprint density at radius 3 is 2.92 bits per heavy atom. The van der Waals surface area contributed by atoms with Gasteiger partial charge in [0.2, 0.25) is 5.91 Å². The number of fused-ring (bicyclic) bond motifs is 1. The van der Waals surface area contributed by atoms with Crippen LogP contribution in [0.15, 0.2) is 29.8 Å². The zero-order valence-corrected chi connectivity index (χ0v) is 14.1. The molecule has 3 aromatic heterocycles. The SMILES string of the molecule is NC(=O)[C@H]1CCCN1C(=O)c1cc(N)c2nc(-c3cccs3)nn2c1. The number of nitrogens with two attached hydrogens (primary N) is 2. The molecule has 0 aliphatic carbocycles. The van der Waals surface area contributed by atoms with E-state index in [1.165, 1.54) is 20.8 Å². The van der Waals surface area contributed by atoms with Crippen LogP contribution in [0.2, 0.25) is 0 Å². The second kappa shape index (κ2) is 5.85. The molecule has 9 heteroatoms. The number of pyridine rings is 1. The van der Waals surface area contributed by atoms with Crippen LogP contribution in [0.5, 0.6) is 0 Å². The highest BCUT2D eigenvalue weighted by Gasteiger charge is 2.33. The summed E-state index contributed by atoms with van der Waals surface area (Å²) in [6.45, 7) is 0.502. The number of hydrogen-bond acceptors (Lipinski definition) is 6. The summed E-state index contributed by atoms with van der Waals surface area (Å²) in [5.74, 6) is -0.203. The van der Waals surface area contributed by atoms with Gasteiger partial charge in [-0.3, -0.25) is 9.59 Å². The Labute approximate surface area is 147 Å². The van der Waals surface area contributed by atoms with Crippen LogP contribution in [0.1, 0.15) is 23.2 Å². The summed E-state index contributed by atoms with van der Waals surface area (Å²) in [5, 5.41) is 6.35. The molecule has 0 aromatic carbocycles. The normalized spacial score (nSPS) is 17.3. The number of carbonyl (C=O) groups is 2. The first-order valence-electron chi connectivity index (χ1n) is 7.84. The third kappa shape index (κ3) is 2.62. The van der Waals surface area contributed by atoms with Gasteiger partial charge in [-0.1, -0.05) is 6.07 Å². The maximum atomic E-state index is 12.8. The van der Waals surface area contributed by atoms with Gasteiger partial charge in [0.25, 0.3) is 5.91 Å². The lowest BCUT2D eigenvalue weighted by Gasteiger charge is -2.22. The predicted molar refractivity (Wildman–Crippen MR) is 94.0 cm³/mol. The van der Waals surface area contributed by atoms with Gasteiger partial charge in [0.15, 0.2) is 11.5 Å². The van der Waals surface area contributed by atoms with Crippen molar-refractivity contribution in [3.05, 3.63) is 35.3 Å². The molecule has 0 radical (unpaired) electrons. The van der Waals surface area contributed by atoms with Crippen LogP contribution in [-0.4, -0.2) is 43.9 Å². The quantitative estimate of drug-likeness (QED) is 0.729. The molecule has 8 nitrogen and oxygen atoms in total. The number of primary amides is 1. The summed E-state index contributed by atoms with van der Waals surface area (Å²) >= 11 is 1.53. The lowest BCUT2D eigenvalue weighted by molar-refractivity contribution is -0.121. The molecule has 4 rings (SSSR count). The maximum absolute atomic E-state index is 12.8. The van der Waals surface area contributed by atoms with E-state index in [4.69, 9.17) is 11.5 Å². The van der Waals surface area contributed by atoms with Crippen molar-refractivity contribution in [2.24, 2.45) is 5.73 Å². The van der Waals surface area contributed by atoms with Gasteiger partial charge in [-0.2, -0.15) is 0 Å². The van der Waals surface area contributed by atoms with Crippen molar-refractivity contribution in [1.82, 2.24) is 19.5 Å². The lowest BCUT2D eigenvalue weighted by Crippen LogP contribution is -2.43. The van der Waals surface area contributed by atoms with E-state index in [0.29, 0.717) is 35.7 Å². The van der Waals surface area contributed by atoms with Gasteiger partial charge in [0.05, 0.1) is 16.1 Å². The number of aromatic nitrogens is 3. The van der Waals surface area contributed by atoms with E-state index in [1.807, 2.05) is 17.5 Å². The summed E-state index contributed by atoms with van der Waals surface area (Å²) in [6.07, 6.45) is 2.93. The zero-order chi connectivity index (χ0) is 17.6. The van der Waals surface area contributed by atoms with Crippen LogP contribution < -0.4 is 11.5 Å². The van der Waals surface area contributed by atoms with Gasteiger partial charge >= 0.3 is 0 Å². The highest BCUT2D eigenvalue weighted by atomic mass is 32.1. The lowest BCUT2D eigenvalue weighted by atomic mass is 10.2. The van der Waals surface area contributed by atoms with Gasteiger partial charge < -0.3 is 16.4 Å². The fourth-order valence-electron chi connectivity index (χ4n) is 3.11. The van der Waals surface area contributed by atoms with E-state index in [-0.39, 0.29) is 5.91 Å². The average Bonchev–Trinajstić information content (AvgIpc) is 3.31. The molecule has 1 aliphatic heterocycles. The number of amides is 2. The van der Waals surface area contributed by atoms with E-state index in [9.17, 15) is 9.59 Å². The highest BCUT2D eigenvalue weighted by Crippen LogP contribution is 2.25. The third-order valence-corrected chi connectivity index (χ3v) is 5.16. The first-order valence-corrected chi connectivity index (χ1v) is 8.72. The molecular weight excluding hydrogens is 340 g/mol. The molecule has 3 aromatic rings. The zero-order valence-electron chi connectivity index (χ0n) is 13.3. The number of nitrogens with zero attached hydrogens (tertiary/aromatic N) is 4. The molecule has 0 bridgehead atoms. The van der Waals surface area contributed by atoms with Crippen molar-refractivity contribution in [1.29, 1.82) is 0 Å². The molecule has 1 atom stereocenters. The maximum Gasteiger partial charge on any atom is 0.256 e. The van der Waals surface area contributed by atoms with Crippen LogP contribution >= 0.6 is 11.3 Å². The van der Waals surface area contributed by atoms with Crippen LogP contribution in [0.3, 0.4) is 0 Å². The van der Waals surface area contributed by atoms with E-state index < -0.39 is 11.9 Å². The molecule has 25 heavy (non-hydrogen) atoms. The van der Waals surface area contributed by atoms with E-state index in [0.717, 1.165) is 11.3 Å². The molecule has 0 spiro atoms. The molecule has 0 unspecified atom stereocenters. The Morgan fingerprint density at radius 1 is 1.36 bits per heavy atom. The molecule has 1 fully saturated rings. The van der Waals surface area contributed by atoms with Gasteiger partial charge in [-0.15, -0.1) is 16.4 Å². The Balaban J connectivity index is 1.73. The first kappa shape index (κ1) is 15.6. The van der Waals surface area contributed by atoms with Crippen LogP contribution in [-0.2, 0) is 4.79 Å². The van der Waals surface area contributed by atoms with E-state index in [1.54, 1.807) is 12.3 Å². The minimum atomic E-state index is -0.568. The van der Waals surface area contributed by atoms with Crippen molar-refractivity contribution in [3.8, 4) is 10.7 Å². The minimum absolute atomic E-state index is 0.275. The van der Waals surface area contributed by atoms with Gasteiger partial charge in [0.1, 0.15) is 6.04 Å². The number of nitrogen functional groups attached to an aromatic ring is 1. The molecule has 1 aliphatic rings. The fraction of sp³-hybridized carbons (Fsp3) is 0.250. The van der Waals surface area contributed by atoms with Gasteiger partial charge in [-0.05, 0) is 30.4 Å². The Hall–Kier alpha value is -2.94. The number of likely N-dealkylation sites (tertiary alicyclic amines) is 1. The number of thiophene rings is 1. The van der Waals surface area contributed by atoms with Crippen LogP contribution in [0, 0.1) is 0 Å². The van der Waals surface area contributed by atoms with Crippen molar-refractivity contribution >= 4 is 34.5 Å². The summed E-state index contributed by atoms with van der Waals surface area (Å²) in [7, 11) is 0. The summed E-state index contributed by atoms with van der Waals surface area (Å²) in [5.41, 5.74) is 12.7. The molecule has 1 saturated heterocycles. The van der Waals surface area contributed by atoms with Crippen molar-refractivity contribution in [3.63, 3.8) is 0 Å². The largest absolute Gasteiger partial charge is 0.396 e. The van der Waals surface area contributed by atoms with Gasteiger partial charge in [0, 0.05) is 12.7 Å². The topological polar surface area (TPSA) is 120 Å². The van der Waals surface area contributed by atoms with Gasteiger partial charge in [-0.25, -0.2) is 9.50 Å². The smallest absolute Gasteiger partial charge is 0.256 e. The van der Waals surface area contributed by atoms with Crippen molar-refractivity contribution in [2.45, 2.75) is 18.9 Å². The summed E-state index contributed by atoms with van der Waals surface area (Å²) in [6, 6.07) is 4.84. The Bertz CT molecular complexity index is 965.